The molecule has 162 valence electrons. The van der Waals surface area contributed by atoms with Gasteiger partial charge in [0.05, 0.1) is 36.5 Å². The predicted octanol–water partition coefficient (Wildman–Crippen LogP) is 1.41. The van der Waals surface area contributed by atoms with Crippen LogP contribution in [-0.2, 0) is 36.9 Å². The van der Waals surface area contributed by atoms with Crippen molar-refractivity contribution >= 4 is 10.1 Å². The van der Waals surface area contributed by atoms with E-state index in [1.807, 2.05) is 6.92 Å². The van der Waals surface area contributed by atoms with Crippen LogP contribution in [0, 0.1) is 6.92 Å². The molecule has 0 N–H and O–H groups in total. The molecule has 0 amide bonds. The van der Waals surface area contributed by atoms with Crippen LogP contribution in [0.3, 0.4) is 0 Å². The second-order valence-electron chi connectivity index (χ2n) is 7.42. The molecule has 4 rings (SSSR count). The molecule has 1 saturated heterocycles. The Labute approximate surface area is 174 Å². The second-order valence-corrected chi connectivity index (χ2v) is 9.04. The second kappa shape index (κ2) is 8.84. The third-order valence-corrected chi connectivity index (χ3v) is 6.32. The lowest BCUT2D eigenvalue weighted by molar-refractivity contribution is 0.00873. The monoisotopic (exact) mass is 436 g/mol. The van der Waals surface area contributed by atoms with Gasteiger partial charge in [0.1, 0.15) is 12.7 Å². The van der Waals surface area contributed by atoms with Crippen molar-refractivity contribution in [3.63, 3.8) is 0 Å². The minimum atomic E-state index is -3.90. The number of fused-ring (bicyclic) bond motifs is 1. The van der Waals surface area contributed by atoms with Crippen LogP contribution in [0.1, 0.15) is 24.1 Å². The number of benzene rings is 1. The lowest BCUT2D eigenvalue weighted by atomic mass is 10.2. The molecule has 2 atom stereocenters. The van der Waals surface area contributed by atoms with Crippen LogP contribution in [-0.4, -0.2) is 50.0 Å². The van der Waals surface area contributed by atoms with Crippen molar-refractivity contribution in [2.75, 3.05) is 19.8 Å². The SMILES string of the molecule is Cc1ccc(S(=O)(=O)OC[C@@H]2Cn3c(COCC4CCCO4)cc(=O)nc3O2)cc1. The Bertz CT molecular complexity index is 1040. The summed E-state index contributed by atoms with van der Waals surface area (Å²) in [6, 6.07) is 7.94. The summed E-state index contributed by atoms with van der Waals surface area (Å²) < 4.78 is 48.5. The van der Waals surface area contributed by atoms with Gasteiger partial charge >= 0.3 is 6.01 Å². The van der Waals surface area contributed by atoms with E-state index in [9.17, 15) is 13.2 Å². The summed E-state index contributed by atoms with van der Waals surface area (Å²) in [6.45, 7) is 3.41. The van der Waals surface area contributed by atoms with Crippen LogP contribution in [0.15, 0.2) is 40.0 Å². The van der Waals surface area contributed by atoms with Gasteiger partial charge < -0.3 is 14.2 Å². The largest absolute Gasteiger partial charge is 0.457 e. The molecule has 0 aliphatic carbocycles. The number of aromatic nitrogens is 2. The average Bonchev–Trinajstić information content (AvgIpc) is 3.36. The van der Waals surface area contributed by atoms with Crippen LogP contribution in [0.2, 0.25) is 0 Å². The molecule has 0 spiro atoms. The van der Waals surface area contributed by atoms with Crippen molar-refractivity contribution in [1.29, 1.82) is 0 Å². The smallest absolute Gasteiger partial charge is 0.300 e. The summed E-state index contributed by atoms with van der Waals surface area (Å²) >= 11 is 0. The molecule has 1 aromatic heterocycles. The minimum absolute atomic E-state index is 0.0828. The number of aryl methyl sites for hydroxylation is 1. The van der Waals surface area contributed by atoms with Crippen LogP contribution < -0.4 is 10.3 Å². The number of hydrogen-bond acceptors (Lipinski definition) is 8. The van der Waals surface area contributed by atoms with E-state index in [2.05, 4.69) is 4.98 Å². The highest BCUT2D eigenvalue weighted by atomic mass is 32.2. The maximum Gasteiger partial charge on any atom is 0.300 e. The number of nitrogens with zero attached hydrogens (tertiary/aromatic N) is 2. The van der Waals surface area contributed by atoms with Gasteiger partial charge in [-0.1, -0.05) is 17.7 Å². The Hall–Kier alpha value is -2.27. The van der Waals surface area contributed by atoms with Crippen molar-refractivity contribution in [2.24, 2.45) is 0 Å². The summed E-state index contributed by atoms with van der Waals surface area (Å²) in [6.07, 6.45) is 1.49. The van der Waals surface area contributed by atoms with Gasteiger partial charge in [-0.05, 0) is 31.9 Å². The van der Waals surface area contributed by atoms with Gasteiger partial charge in [-0.2, -0.15) is 13.4 Å². The van der Waals surface area contributed by atoms with Gasteiger partial charge in [-0.25, -0.2) is 0 Å². The third-order valence-electron chi connectivity index (χ3n) is 5.03. The molecule has 1 aromatic carbocycles. The van der Waals surface area contributed by atoms with Crippen molar-refractivity contribution in [2.45, 2.75) is 50.0 Å². The molecule has 2 aliphatic rings. The molecular formula is C20H24N2O7S. The first-order valence-electron chi connectivity index (χ1n) is 9.83. The quantitative estimate of drug-likeness (QED) is 0.572. The van der Waals surface area contributed by atoms with Crippen LogP contribution >= 0.6 is 0 Å². The molecule has 0 radical (unpaired) electrons. The Kier molecular flexibility index (Phi) is 6.19. The Morgan fingerprint density at radius 1 is 1.20 bits per heavy atom. The zero-order valence-corrected chi connectivity index (χ0v) is 17.5. The fourth-order valence-corrected chi connectivity index (χ4v) is 4.36. The first kappa shape index (κ1) is 21.0. The van der Waals surface area contributed by atoms with Gasteiger partial charge in [0.25, 0.3) is 15.7 Å². The molecule has 0 saturated carbocycles. The summed E-state index contributed by atoms with van der Waals surface area (Å²) in [7, 11) is -3.90. The van der Waals surface area contributed by atoms with Crippen molar-refractivity contribution in [3.8, 4) is 6.01 Å². The maximum atomic E-state index is 12.4. The molecular weight excluding hydrogens is 412 g/mol. The van der Waals surface area contributed by atoms with E-state index >= 15 is 0 Å². The Morgan fingerprint density at radius 3 is 2.73 bits per heavy atom. The zero-order chi connectivity index (χ0) is 21.1. The predicted molar refractivity (Wildman–Crippen MR) is 106 cm³/mol. The zero-order valence-electron chi connectivity index (χ0n) is 16.7. The average molecular weight is 436 g/mol. The molecule has 3 heterocycles. The molecule has 1 unspecified atom stereocenters. The standard InChI is InChI=1S/C20H24N2O7S/c1-14-4-6-18(7-5-14)30(24,25)28-13-17-10-22-15(9-19(23)21-20(22)29-17)11-26-12-16-3-2-8-27-16/h4-7,9,16-17H,2-3,8,10-13H2,1H3/t16?,17-/m0/s1. The molecule has 0 bridgehead atoms. The molecule has 2 aliphatic heterocycles. The highest BCUT2D eigenvalue weighted by Crippen LogP contribution is 2.22. The summed E-state index contributed by atoms with van der Waals surface area (Å²) in [5.74, 6) is 0. The first-order chi connectivity index (χ1) is 14.4. The van der Waals surface area contributed by atoms with Gasteiger partial charge in [0.15, 0.2) is 0 Å². The Morgan fingerprint density at radius 2 is 2.00 bits per heavy atom. The topological polar surface area (TPSA) is 106 Å². The number of rotatable bonds is 8. The van der Waals surface area contributed by atoms with E-state index in [1.54, 1.807) is 16.7 Å². The summed E-state index contributed by atoms with van der Waals surface area (Å²) in [5.41, 5.74) is 1.13. The van der Waals surface area contributed by atoms with Crippen molar-refractivity contribution in [1.82, 2.24) is 9.55 Å². The minimum Gasteiger partial charge on any atom is -0.457 e. The van der Waals surface area contributed by atoms with Crippen molar-refractivity contribution < 1.29 is 26.8 Å². The highest BCUT2D eigenvalue weighted by molar-refractivity contribution is 7.86. The van der Waals surface area contributed by atoms with E-state index in [0.717, 1.165) is 25.0 Å². The van der Waals surface area contributed by atoms with E-state index in [1.165, 1.54) is 18.2 Å². The van der Waals surface area contributed by atoms with Gasteiger partial charge in [0, 0.05) is 12.7 Å². The number of hydrogen-bond donors (Lipinski definition) is 0. The van der Waals surface area contributed by atoms with Crippen LogP contribution in [0.4, 0.5) is 0 Å². The third kappa shape index (κ3) is 4.89. The summed E-state index contributed by atoms with van der Waals surface area (Å²) in [5, 5.41) is 0. The van der Waals surface area contributed by atoms with E-state index in [0.29, 0.717) is 18.8 Å². The van der Waals surface area contributed by atoms with E-state index in [4.69, 9.17) is 18.4 Å². The van der Waals surface area contributed by atoms with Gasteiger partial charge in [-0.3, -0.25) is 13.5 Å². The van der Waals surface area contributed by atoms with Gasteiger partial charge in [0.2, 0.25) is 0 Å². The fraction of sp³-hybridized carbons (Fsp3) is 0.500. The van der Waals surface area contributed by atoms with E-state index in [-0.39, 0.29) is 30.2 Å². The maximum absolute atomic E-state index is 12.4. The molecule has 1 fully saturated rings. The van der Waals surface area contributed by atoms with Gasteiger partial charge in [-0.15, -0.1) is 0 Å². The molecule has 9 nitrogen and oxygen atoms in total. The molecule has 30 heavy (non-hydrogen) atoms. The van der Waals surface area contributed by atoms with Crippen LogP contribution in [0.25, 0.3) is 0 Å². The normalized spacial score (nSPS) is 20.8. The lowest BCUT2D eigenvalue weighted by Gasteiger charge is -2.12. The molecule has 2 aromatic rings. The number of ether oxygens (including phenoxy) is 3. The van der Waals surface area contributed by atoms with Crippen LogP contribution in [0.5, 0.6) is 6.01 Å². The lowest BCUT2D eigenvalue weighted by Crippen LogP contribution is -2.24. The molecule has 10 heteroatoms. The Balaban J connectivity index is 1.37. The van der Waals surface area contributed by atoms with Crippen molar-refractivity contribution in [3.05, 3.63) is 51.9 Å². The van der Waals surface area contributed by atoms with E-state index < -0.39 is 21.8 Å². The summed E-state index contributed by atoms with van der Waals surface area (Å²) in [4.78, 5) is 15.8. The first-order valence-corrected chi connectivity index (χ1v) is 11.2. The fourth-order valence-electron chi connectivity index (χ4n) is 3.42. The highest BCUT2D eigenvalue weighted by Gasteiger charge is 2.28.